The van der Waals surface area contributed by atoms with E-state index in [0.29, 0.717) is 0 Å². The summed E-state index contributed by atoms with van der Waals surface area (Å²) in [5.41, 5.74) is 2.45. The second-order valence-electron chi connectivity index (χ2n) is 4.46. The van der Waals surface area contributed by atoms with Crippen LogP contribution < -0.4 is 5.32 Å². The van der Waals surface area contributed by atoms with Crippen LogP contribution in [0.5, 0.6) is 0 Å². The highest BCUT2D eigenvalue weighted by molar-refractivity contribution is 9.10. The molecule has 102 valence electrons. The molecule has 2 rings (SSSR count). The maximum absolute atomic E-state index is 6.45. The molecule has 1 atom stereocenters. The fraction of sp³-hybridized carbons (Fsp3) is 0.333. The summed E-state index contributed by atoms with van der Waals surface area (Å²) < 4.78 is 0.947. The van der Waals surface area contributed by atoms with Gasteiger partial charge in [0.1, 0.15) is 0 Å². The minimum Gasteiger partial charge on any atom is -0.306 e. The first-order valence-corrected chi connectivity index (χ1v) is 8.41. The number of halogens is 2. The van der Waals surface area contributed by atoms with Gasteiger partial charge in [-0.25, -0.2) is 0 Å². The van der Waals surface area contributed by atoms with Gasteiger partial charge in [0.25, 0.3) is 0 Å². The molecule has 1 aromatic carbocycles. The average Bonchev–Trinajstić information content (AvgIpc) is 2.81. The van der Waals surface area contributed by atoms with Gasteiger partial charge in [-0.1, -0.05) is 30.7 Å². The molecule has 1 nitrogen and oxygen atoms in total. The quantitative estimate of drug-likeness (QED) is 0.737. The van der Waals surface area contributed by atoms with Crippen molar-refractivity contribution in [2.75, 3.05) is 6.54 Å². The smallest absolute Gasteiger partial charge is 0.0602 e. The lowest BCUT2D eigenvalue weighted by Crippen LogP contribution is -2.23. The summed E-state index contributed by atoms with van der Waals surface area (Å²) in [6.07, 6.45) is 1.10. The fourth-order valence-corrected chi connectivity index (χ4v) is 3.47. The Kier molecular flexibility index (Phi) is 5.46. The van der Waals surface area contributed by atoms with Crippen molar-refractivity contribution in [1.82, 2.24) is 5.32 Å². The van der Waals surface area contributed by atoms with Crippen LogP contribution >= 0.6 is 38.9 Å². The normalized spacial score (nSPS) is 12.6. The second-order valence-corrected chi connectivity index (χ2v) is 6.81. The second kappa shape index (κ2) is 6.89. The van der Waals surface area contributed by atoms with E-state index in [-0.39, 0.29) is 6.04 Å². The molecule has 0 spiro atoms. The lowest BCUT2D eigenvalue weighted by atomic mass is 9.99. The fourth-order valence-electron chi connectivity index (χ4n) is 2.11. The van der Waals surface area contributed by atoms with Gasteiger partial charge < -0.3 is 5.32 Å². The molecule has 1 N–H and O–H groups in total. The van der Waals surface area contributed by atoms with Crippen LogP contribution in [0.15, 0.2) is 34.1 Å². The Morgan fingerprint density at radius 3 is 2.74 bits per heavy atom. The monoisotopic (exact) mass is 357 g/mol. The van der Waals surface area contributed by atoms with Gasteiger partial charge in [-0.3, -0.25) is 0 Å². The van der Waals surface area contributed by atoms with Gasteiger partial charge in [-0.05, 0) is 64.5 Å². The van der Waals surface area contributed by atoms with Gasteiger partial charge in [0.05, 0.1) is 11.1 Å². The van der Waals surface area contributed by atoms with Crippen LogP contribution in [0.1, 0.15) is 35.4 Å². The number of rotatable bonds is 5. The van der Waals surface area contributed by atoms with E-state index in [4.69, 9.17) is 11.6 Å². The number of hydrogen-bond donors (Lipinski definition) is 1. The zero-order chi connectivity index (χ0) is 13.8. The van der Waals surface area contributed by atoms with Crippen molar-refractivity contribution in [3.63, 3.8) is 0 Å². The van der Waals surface area contributed by atoms with Gasteiger partial charge in [-0.15, -0.1) is 11.3 Å². The summed E-state index contributed by atoms with van der Waals surface area (Å²) in [5.74, 6) is 0. The summed E-state index contributed by atoms with van der Waals surface area (Å²) >= 11 is 11.7. The van der Waals surface area contributed by atoms with Gasteiger partial charge in [0.15, 0.2) is 0 Å². The maximum atomic E-state index is 6.45. The van der Waals surface area contributed by atoms with Crippen molar-refractivity contribution in [1.29, 1.82) is 0 Å². The molecule has 2 aromatic rings. The zero-order valence-corrected chi connectivity index (χ0v) is 14.2. The topological polar surface area (TPSA) is 12.0 Å². The number of benzene rings is 1. The minimum absolute atomic E-state index is 0.163. The molecular weight excluding hydrogens is 342 g/mol. The zero-order valence-electron chi connectivity index (χ0n) is 11.0. The number of hydrogen-bond acceptors (Lipinski definition) is 2. The summed E-state index contributed by atoms with van der Waals surface area (Å²) in [5, 5.41) is 6.53. The van der Waals surface area contributed by atoms with Crippen LogP contribution in [0, 0.1) is 6.92 Å². The standard InChI is InChI=1S/C15H17BrClNS/c1-3-8-18-15(11-7-9-19-10(11)2)12-5-4-6-13(16)14(12)17/h4-7,9,15,18H,3,8H2,1-2H3. The van der Waals surface area contributed by atoms with Crippen LogP contribution in [0.3, 0.4) is 0 Å². The molecule has 4 heteroatoms. The van der Waals surface area contributed by atoms with E-state index in [1.807, 2.05) is 12.1 Å². The van der Waals surface area contributed by atoms with Crippen LogP contribution in [0.2, 0.25) is 5.02 Å². The first kappa shape index (κ1) is 15.0. The van der Waals surface area contributed by atoms with Crippen LogP contribution in [-0.2, 0) is 0 Å². The van der Waals surface area contributed by atoms with Crippen LogP contribution in [0.4, 0.5) is 0 Å². The van der Waals surface area contributed by atoms with Crippen molar-refractivity contribution in [3.05, 3.63) is 55.1 Å². The highest BCUT2D eigenvalue weighted by atomic mass is 79.9. The molecule has 19 heavy (non-hydrogen) atoms. The van der Waals surface area contributed by atoms with Crippen LogP contribution in [0.25, 0.3) is 0 Å². The van der Waals surface area contributed by atoms with E-state index >= 15 is 0 Å². The number of aryl methyl sites for hydroxylation is 1. The van der Waals surface area contributed by atoms with Gasteiger partial charge in [0, 0.05) is 9.35 Å². The van der Waals surface area contributed by atoms with E-state index in [9.17, 15) is 0 Å². The van der Waals surface area contributed by atoms with Crippen molar-refractivity contribution in [2.24, 2.45) is 0 Å². The third-order valence-corrected chi connectivity index (χ3v) is 5.27. The summed E-state index contributed by atoms with van der Waals surface area (Å²) in [4.78, 5) is 1.34. The molecule has 0 amide bonds. The molecule has 0 bridgehead atoms. The van der Waals surface area contributed by atoms with Crippen molar-refractivity contribution in [3.8, 4) is 0 Å². The summed E-state index contributed by atoms with van der Waals surface area (Å²) in [6.45, 7) is 5.31. The Morgan fingerprint density at radius 2 is 2.11 bits per heavy atom. The lowest BCUT2D eigenvalue weighted by molar-refractivity contribution is 0.598. The first-order chi connectivity index (χ1) is 9.15. The molecule has 0 saturated carbocycles. The lowest BCUT2D eigenvalue weighted by Gasteiger charge is -2.21. The van der Waals surface area contributed by atoms with E-state index in [1.165, 1.54) is 10.4 Å². The Hall–Kier alpha value is -0.350. The molecule has 0 aliphatic carbocycles. The highest BCUT2D eigenvalue weighted by Crippen LogP contribution is 2.35. The molecule has 0 saturated heterocycles. The maximum Gasteiger partial charge on any atom is 0.0602 e. The third-order valence-electron chi connectivity index (χ3n) is 3.10. The Labute approximate surface area is 132 Å². The highest BCUT2D eigenvalue weighted by Gasteiger charge is 2.19. The van der Waals surface area contributed by atoms with Crippen LogP contribution in [-0.4, -0.2) is 6.54 Å². The summed E-state index contributed by atoms with van der Waals surface area (Å²) in [7, 11) is 0. The number of thiophene rings is 1. The summed E-state index contributed by atoms with van der Waals surface area (Å²) in [6, 6.07) is 8.45. The predicted octanol–water partition coefficient (Wildman–Crippen LogP) is 5.56. The van der Waals surface area contributed by atoms with Gasteiger partial charge in [0.2, 0.25) is 0 Å². The molecule has 1 aromatic heterocycles. The van der Waals surface area contributed by atoms with Gasteiger partial charge in [-0.2, -0.15) is 0 Å². The van der Waals surface area contributed by atoms with Gasteiger partial charge >= 0.3 is 0 Å². The Balaban J connectivity index is 2.43. The molecular formula is C15H17BrClNS. The van der Waals surface area contributed by atoms with Crippen molar-refractivity contribution < 1.29 is 0 Å². The third kappa shape index (κ3) is 3.40. The van der Waals surface area contributed by atoms with Crippen molar-refractivity contribution >= 4 is 38.9 Å². The molecule has 0 radical (unpaired) electrons. The molecule has 0 aliphatic heterocycles. The van der Waals surface area contributed by atoms with Crippen molar-refractivity contribution in [2.45, 2.75) is 26.3 Å². The molecule has 0 fully saturated rings. The largest absolute Gasteiger partial charge is 0.306 e. The van der Waals surface area contributed by atoms with E-state index < -0.39 is 0 Å². The minimum atomic E-state index is 0.163. The molecule has 1 unspecified atom stereocenters. The Bertz CT molecular complexity index is 553. The van der Waals surface area contributed by atoms with E-state index in [2.05, 4.69) is 52.6 Å². The Morgan fingerprint density at radius 1 is 1.32 bits per heavy atom. The first-order valence-electron chi connectivity index (χ1n) is 6.36. The van der Waals surface area contributed by atoms with E-state index in [1.54, 1.807) is 11.3 Å². The predicted molar refractivity (Wildman–Crippen MR) is 88.3 cm³/mol. The molecule has 1 heterocycles. The molecule has 0 aliphatic rings. The average molecular weight is 359 g/mol. The number of nitrogens with one attached hydrogen (secondary N) is 1. The van der Waals surface area contributed by atoms with E-state index in [0.717, 1.165) is 28.0 Å². The SMILES string of the molecule is CCCNC(c1ccsc1C)c1cccc(Br)c1Cl.